The summed E-state index contributed by atoms with van der Waals surface area (Å²) < 4.78 is 59.2. The van der Waals surface area contributed by atoms with Crippen LogP contribution < -0.4 is 15.2 Å². The molecular weight excluding hydrogens is 527 g/mol. The lowest BCUT2D eigenvalue weighted by atomic mass is 10.0. The average Bonchev–Trinajstić information content (AvgIpc) is 2.96. The Kier molecular flexibility index (Phi) is 8.25. The molecule has 3 aromatic rings. The monoisotopic (exact) mass is 557 g/mol. The fourth-order valence-corrected chi connectivity index (χ4v) is 5.10. The Morgan fingerprint density at radius 3 is 2.67 bits per heavy atom. The van der Waals surface area contributed by atoms with Gasteiger partial charge in [0.2, 0.25) is 0 Å². The van der Waals surface area contributed by atoms with E-state index in [4.69, 9.17) is 14.2 Å². The highest BCUT2D eigenvalue weighted by Gasteiger charge is 2.35. The van der Waals surface area contributed by atoms with Gasteiger partial charge in [0.25, 0.3) is 5.56 Å². The first kappa shape index (κ1) is 27.9. The highest BCUT2D eigenvalue weighted by molar-refractivity contribution is 5.88. The van der Waals surface area contributed by atoms with E-state index in [9.17, 15) is 23.2 Å². The van der Waals surface area contributed by atoms with E-state index in [1.165, 1.54) is 22.8 Å². The topological polar surface area (TPSA) is 92.8 Å². The lowest BCUT2D eigenvalue weighted by Crippen LogP contribution is -2.51. The average molecular weight is 558 g/mol. The molecule has 0 amide bonds. The van der Waals surface area contributed by atoms with Crippen molar-refractivity contribution in [3.05, 3.63) is 64.1 Å². The molecule has 0 unspecified atom stereocenters. The van der Waals surface area contributed by atoms with Gasteiger partial charge in [-0.05, 0) is 30.3 Å². The molecule has 5 rings (SSSR count). The van der Waals surface area contributed by atoms with E-state index in [1.54, 1.807) is 19.2 Å². The van der Waals surface area contributed by atoms with Crippen molar-refractivity contribution < 1.29 is 27.4 Å². The van der Waals surface area contributed by atoms with E-state index in [-0.39, 0.29) is 17.0 Å². The van der Waals surface area contributed by atoms with E-state index < -0.39 is 23.9 Å². The number of anilines is 1. The SMILES string of the molecule is Cn1c(=O)cc(N2CC[C@@H](Oc3cccc(C(F)(F)F)c3)[C@H](OCCN3CCOCC3)C2)c2nc(C#N)ccc21. The van der Waals surface area contributed by atoms with Crippen LogP contribution in [-0.2, 0) is 22.7 Å². The van der Waals surface area contributed by atoms with E-state index in [0.29, 0.717) is 62.6 Å². The number of fused-ring (bicyclic) bond motifs is 1. The van der Waals surface area contributed by atoms with Crippen LogP contribution in [0.25, 0.3) is 11.0 Å². The second kappa shape index (κ2) is 11.8. The number of alkyl halides is 3. The summed E-state index contributed by atoms with van der Waals surface area (Å²) in [5.41, 5.74) is 0.918. The third kappa shape index (κ3) is 6.22. The Morgan fingerprint density at radius 2 is 1.93 bits per heavy atom. The molecule has 0 spiro atoms. The molecule has 0 radical (unpaired) electrons. The summed E-state index contributed by atoms with van der Waals surface area (Å²) in [5, 5.41) is 9.40. The van der Waals surface area contributed by atoms with Crippen molar-refractivity contribution in [1.29, 1.82) is 5.26 Å². The molecule has 2 aliphatic heterocycles. The van der Waals surface area contributed by atoms with Crippen LogP contribution >= 0.6 is 0 Å². The van der Waals surface area contributed by atoms with Gasteiger partial charge in [-0.1, -0.05) is 6.07 Å². The second-order valence-corrected chi connectivity index (χ2v) is 9.88. The van der Waals surface area contributed by atoms with Crippen molar-refractivity contribution >= 4 is 16.7 Å². The molecule has 212 valence electrons. The van der Waals surface area contributed by atoms with Crippen LogP contribution in [0.3, 0.4) is 0 Å². The zero-order valence-electron chi connectivity index (χ0n) is 22.1. The largest absolute Gasteiger partial charge is 0.488 e. The van der Waals surface area contributed by atoms with Crippen LogP contribution in [0.15, 0.2) is 47.3 Å². The number of nitrogens with zero attached hydrogens (tertiary/aromatic N) is 5. The van der Waals surface area contributed by atoms with Crippen LogP contribution in [-0.4, -0.2) is 79.2 Å². The standard InChI is InChI=1S/C28H30F3N5O4/c1-34-22-6-5-20(17-32)33-27(22)23(16-26(34)37)36-8-7-24(40-21-4-2-3-19(15-21)28(29,30)31)25(18-36)39-14-11-35-9-12-38-13-10-35/h2-6,15-16,24-25H,7-14,18H2,1H3/t24-,25-/m1/s1. The highest BCUT2D eigenvalue weighted by Crippen LogP contribution is 2.33. The zero-order chi connectivity index (χ0) is 28.3. The summed E-state index contributed by atoms with van der Waals surface area (Å²) in [6.45, 7) is 4.78. The number of piperidine rings is 1. The maximum Gasteiger partial charge on any atom is 0.416 e. The normalized spacial score (nSPS) is 20.4. The maximum absolute atomic E-state index is 13.3. The van der Waals surface area contributed by atoms with Gasteiger partial charge >= 0.3 is 6.18 Å². The van der Waals surface area contributed by atoms with E-state index in [2.05, 4.69) is 9.88 Å². The third-order valence-electron chi connectivity index (χ3n) is 7.31. The number of halogens is 3. The number of benzene rings is 1. The van der Waals surface area contributed by atoms with Crippen molar-refractivity contribution in [2.24, 2.45) is 7.05 Å². The highest BCUT2D eigenvalue weighted by atomic mass is 19.4. The van der Waals surface area contributed by atoms with Gasteiger partial charge in [-0.3, -0.25) is 9.69 Å². The summed E-state index contributed by atoms with van der Waals surface area (Å²) >= 11 is 0. The molecule has 2 saturated heterocycles. The molecule has 0 aliphatic carbocycles. The quantitative estimate of drug-likeness (QED) is 0.438. The summed E-state index contributed by atoms with van der Waals surface area (Å²) in [5.74, 6) is 0.120. The molecule has 40 heavy (non-hydrogen) atoms. The predicted octanol–water partition coefficient (Wildman–Crippen LogP) is 3.20. The van der Waals surface area contributed by atoms with Crippen molar-refractivity contribution in [3.8, 4) is 11.8 Å². The molecule has 2 atom stereocenters. The number of ether oxygens (including phenoxy) is 3. The molecule has 0 saturated carbocycles. The number of rotatable bonds is 7. The molecule has 1 aromatic carbocycles. The van der Waals surface area contributed by atoms with Crippen LogP contribution in [0.5, 0.6) is 5.75 Å². The lowest BCUT2D eigenvalue weighted by molar-refractivity contribution is -0.137. The minimum Gasteiger partial charge on any atom is -0.488 e. The first-order valence-electron chi connectivity index (χ1n) is 13.1. The number of hydrogen-bond acceptors (Lipinski definition) is 8. The van der Waals surface area contributed by atoms with Crippen molar-refractivity contribution in [2.75, 3.05) is 57.4 Å². The Morgan fingerprint density at radius 1 is 1.12 bits per heavy atom. The lowest BCUT2D eigenvalue weighted by Gasteiger charge is -2.40. The van der Waals surface area contributed by atoms with Gasteiger partial charge in [0.15, 0.2) is 0 Å². The Hall–Kier alpha value is -3.66. The zero-order valence-corrected chi connectivity index (χ0v) is 22.1. The molecule has 2 aromatic heterocycles. The number of aryl methyl sites for hydroxylation is 1. The Labute approximate surface area is 229 Å². The van der Waals surface area contributed by atoms with Gasteiger partial charge in [-0.15, -0.1) is 0 Å². The van der Waals surface area contributed by atoms with Crippen LogP contribution in [0.2, 0.25) is 0 Å². The number of aromatic nitrogens is 2. The fourth-order valence-electron chi connectivity index (χ4n) is 5.10. The number of nitriles is 1. The molecule has 2 aliphatic rings. The third-order valence-corrected chi connectivity index (χ3v) is 7.31. The van der Waals surface area contributed by atoms with Gasteiger partial charge in [-0.2, -0.15) is 18.4 Å². The molecule has 0 N–H and O–H groups in total. The number of morpholine rings is 1. The van der Waals surface area contributed by atoms with Gasteiger partial charge in [0.1, 0.15) is 35.2 Å². The summed E-state index contributed by atoms with van der Waals surface area (Å²) in [4.78, 5) is 21.5. The van der Waals surface area contributed by atoms with Gasteiger partial charge in [0, 0.05) is 52.3 Å². The fraction of sp³-hybridized carbons (Fsp3) is 0.464. The second-order valence-electron chi connectivity index (χ2n) is 9.88. The first-order chi connectivity index (χ1) is 19.2. The minimum absolute atomic E-state index is 0.120. The summed E-state index contributed by atoms with van der Waals surface area (Å²) in [7, 11) is 1.65. The van der Waals surface area contributed by atoms with Crippen molar-refractivity contribution in [2.45, 2.75) is 24.8 Å². The van der Waals surface area contributed by atoms with Gasteiger partial charge < -0.3 is 23.7 Å². The van der Waals surface area contributed by atoms with Crippen molar-refractivity contribution in [3.63, 3.8) is 0 Å². The van der Waals surface area contributed by atoms with E-state index in [1.807, 2.05) is 11.0 Å². The Bertz CT molecular complexity index is 1450. The molecular formula is C28H30F3N5O4. The van der Waals surface area contributed by atoms with Crippen LogP contribution in [0.4, 0.5) is 18.9 Å². The molecule has 4 heterocycles. The molecule has 0 bridgehead atoms. The minimum atomic E-state index is -4.48. The smallest absolute Gasteiger partial charge is 0.416 e. The van der Waals surface area contributed by atoms with Gasteiger partial charge in [0.05, 0.1) is 36.6 Å². The molecule has 12 heteroatoms. The first-order valence-corrected chi connectivity index (χ1v) is 13.1. The number of hydrogen-bond donors (Lipinski definition) is 0. The maximum atomic E-state index is 13.3. The van der Waals surface area contributed by atoms with Crippen LogP contribution in [0, 0.1) is 11.3 Å². The predicted molar refractivity (Wildman–Crippen MR) is 141 cm³/mol. The van der Waals surface area contributed by atoms with E-state index in [0.717, 1.165) is 25.2 Å². The van der Waals surface area contributed by atoms with Crippen molar-refractivity contribution in [1.82, 2.24) is 14.5 Å². The molecule has 2 fully saturated rings. The Balaban J connectivity index is 1.40. The number of pyridine rings is 2. The summed E-state index contributed by atoms with van der Waals surface area (Å²) in [6.07, 6.45) is -5.05. The van der Waals surface area contributed by atoms with E-state index >= 15 is 0 Å². The van der Waals surface area contributed by atoms with Crippen LogP contribution in [0.1, 0.15) is 17.7 Å². The summed E-state index contributed by atoms with van der Waals surface area (Å²) in [6, 6.07) is 11.6. The van der Waals surface area contributed by atoms with Gasteiger partial charge in [-0.25, -0.2) is 4.98 Å². The molecule has 9 nitrogen and oxygen atoms in total.